The lowest BCUT2D eigenvalue weighted by molar-refractivity contribution is 0.0902. The standard InChI is InChI=1S/C14H16Cl2O3/c1-8-2-3-19-14(8)13(16)9-6-11-12(7-10(9)15)18-5-4-17-11/h6-8,13-14H,2-5H2,1H3. The molecule has 2 heterocycles. The molecule has 0 bridgehead atoms. The van der Waals surface area contributed by atoms with Gasteiger partial charge in [0.1, 0.15) is 13.2 Å². The fourth-order valence-corrected chi connectivity index (χ4v) is 3.39. The molecule has 3 atom stereocenters. The molecule has 0 aromatic heterocycles. The first-order valence-corrected chi connectivity index (χ1v) is 7.33. The fraction of sp³-hybridized carbons (Fsp3) is 0.571. The number of rotatable bonds is 2. The topological polar surface area (TPSA) is 27.7 Å². The molecule has 3 nitrogen and oxygen atoms in total. The van der Waals surface area contributed by atoms with Crippen LogP contribution in [-0.4, -0.2) is 25.9 Å². The van der Waals surface area contributed by atoms with Gasteiger partial charge in [0.15, 0.2) is 11.5 Å². The third-order valence-corrected chi connectivity index (χ3v) is 4.50. The molecule has 0 radical (unpaired) electrons. The number of halogens is 2. The van der Waals surface area contributed by atoms with Crippen molar-refractivity contribution in [2.75, 3.05) is 19.8 Å². The van der Waals surface area contributed by atoms with Crippen LogP contribution in [0.25, 0.3) is 0 Å². The summed E-state index contributed by atoms with van der Waals surface area (Å²) in [5, 5.41) is 0.341. The zero-order valence-corrected chi connectivity index (χ0v) is 12.2. The lowest BCUT2D eigenvalue weighted by Gasteiger charge is -2.24. The summed E-state index contributed by atoms with van der Waals surface area (Å²) in [6.45, 7) is 4.02. The lowest BCUT2D eigenvalue weighted by atomic mass is 9.96. The number of alkyl halides is 1. The molecule has 0 aliphatic carbocycles. The molecule has 1 aromatic rings. The first kappa shape index (κ1) is 13.3. The molecule has 3 unspecified atom stereocenters. The van der Waals surface area contributed by atoms with E-state index in [2.05, 4.69) is 6.92 Å². The molecule has 104 valence electrons. The van der Waals surface area contributed by atoms with E-state index >= 15 is 0 Å². The van der Waals surface area contributed by atoms with Crippen molar-refractivity contribution < 1.29 is 14.2 Å². The molecule has 1 fully saturated rings. The molecule has 19 heavy (non-hydrogen) atoms. The van der Waals surface area contributed by atoms with Crippen molar-refractivity contribution >= 4 is 23.2 Å². The van der Waals surface area contributed by atoms with Gasteiger partial charge in [-0.15, -0.1) is 11.6 Å². The average Bonchev–Trinajstić information content (AvgIpc) is 2.83. The lowest BCUT2D eigenvalue weighted by Crippen LogP contribution is -2.21. The molecule has 1 saturated heterocycles. The van der Waals surface area contributed by atoms with E-state index in [-0.39, 0.29) is 11.5 Å². The maximum absolute atomic E-state index is 6.55. The summed E-state index contributed by atoms with van der Waals surface area (Å²) in [4.78, 5) is 0. The Balaban J connectivity index is 1.91. The first-order valence-electron chi connectivity index (χ1n) is 6.51. The quantitative estimate of drug-likeness (QED) is 0.777. The number of ether oxygens (including phenoxy) is 3. The molecule has 0 N–H and O–H groups in total. The molecule has 0 amide bonds. The Bertz CT molecular complexity index is 478. The van der Waals surface area contributed by atoms with Crippen LogP contribution in [0.3, 0.4) is 0 Å². The van der Waals surface area contributed by atoms with Crippen LogP contribution in [-0.2, 0) is 4.74 Å². The average molecular weight is 303 g/mol. The van der Waals surface area contributed by atoms with Crippen LogP contribution in [0.2, 0.25) is 5.02 Å². The summed E-state index contributed by atoms with van der Waals surface area (Å²) in [6, 6.07) is 3.66. The second-order valence-corrected chi connectivity index (χ2v) is 5.90. The van der Waals surface area contributed by atoms with E-state index in [0.717, 1.165) is 18.6 Å². The summed E-state index contributed by atoms with van der Waals surface area (Å²) in [7, 11) is 0. The van der Waals surface area contributed by atoms with E-state index in [0.29, 0.717) is 35.7 Å². The second-order valence-electron chi connectivity index (χ2n) is 5.02. The van der Waals surface area contributed by atoms with Crippen LogP contribution in [0.1, 0.15) is 24.3 Å². The highest BCUT2D eigenvalue weighted by Crippen LogP contribution is 2.43. The fourth-order valence-electron chi connectivity index (χ4n) is 2.56. The Morgan fingerprint density at radius 2 is 1.84 bits per heavy atom. The molecule has 0 saturated carbocycles. The highest BCUT2D eigenvalue weighted by atomic mass is 35.5. The normalized spacial score (nSPS) is 27.3. The van der Waals surface area contributed by atoms with Crippen LogP contribution >= 0.6 is 23.2 Å². The summed E-state index contributed by atoms with van der Waals surface area (Å²) in [6.07, 6.45) is 1.04. The van der Waals surface area contributed by atoms with Crippen molar-refractivity contribution in [1.29, 1.82) is 0 Å². The van der Waals surface area contributed by atoms with Crippen molar-refractivity contribution in [2.24, 2.45) is 5.92 Å². The van der Waals surface area contributed by atoms with E-state index in [1.807, 2.05) is 6.07 Å². The molecule has 5 heteroatoms. The van der Waals surface area contributed by atoms with E-state index < -0.39 is 0 Å². The van der Waals surface area contributed by atoms with Gasteiger partial charge in [-0.25, -0.2) is 0 Å². The molecule has 2 aliphatic heterocycles. The maximum atomic E-state index is 6.55. The van der Waals surface area contributed by atoms with Gasteiger partial charge in [0, 0.05) is 17.7 Å². The van der Waals surface area contributed by atoms with Gasteiger partial charge in [-0.05, 0) is 24.0 Å². The third-order valence-electron chi connectivity index (χ3n) is 3.69. The highest BCUT2D eigenvalue weighted by molar-refractivity contribution is 6.33. The summed E-state index contributed by atoms with van der Waals surface area (Å²) < 4.78 is 16.8. The van der Waals surface area contributed by atoms with Gasteiger partial charge in [0.05, 0.1) is 11.5 Å². The summed E-state index contributed by atoms with van der Waals surface area (Å²) >= 11 is 12.9. The van der Waals surface area contributed by atoms with E-state index in [4.69, 9.17) is 37.4 Å². The predicted octanol–water partition coefficient (Wildman–Crippen LogP) is 3.82. The molecule has 1 aromatic carbocycles. The maximum Gasteiger partial charge on any atom is 0.162 e. The predicted molar refractivity (Wildman–Crippen MR) is 74.6 cm³/mol. The van der Waals surface area contributed by atoms with Crippen LogP contribution in [0, 0.1) is 5.92 Å². The van der Waals surface area contributed by atoms with Crippen molar-refractivity contribution in [3.63, 3.8) is 0 Å². The van der Waals surface area contributed by atoms with Crippen molar-refractivity contribution in [3.05, 3.63) is 22.7 Å². The van der Waals surface area contributed by atoms with Gasteiger partial charge in [0.2, 0.25) is 0 Å². The van der Waals surface area contributed by atoms with E-state index in [1.54, 1.807) is 6.07 Å². The minimum atomic E-state index is -0.263. The molecule has 0 spiro atoms. The van der Waals surface area contributed by atoms with Crippen LogP contribution < -0.4 is 9.47 Å². The summed E-state index contributed by atoms with van der Waals surface area (Å²) in [5.41, 5.74) is 0.853. The number of fused-ring (bicyclic) bond motifs is 1. The van der Waals surface area contributed by atoms with Crippen LogP contribution in [0.15, 0.2) is 12.1 Å². The van der Waals surface area contributed by atoms with E-state index in [1.165, 1.54) is 0 Å². The monoisotopic (exact) mass is 302 g/mol. The largest absolute Gasteiger partial charge is 0.486 e. The van der Waals surface area contributed by atoms with E-state index in [9.17, 15) is 0 Å². The van der Waals surface area contributed by atoms with Gasteiger partial charge >= 0.3 is 0 Å². The zero-order valence-electron chi connectivity index (χ0n) is 10.7. The van der Waals surface area contributed by atoms with Gasteiger partial charge in [-0.1, -0.05) is 18.5 Å². The molecule has 3 rings (SSSR count). The minimum absolute atomic E-state index is 0.00160. The molecular formula is C14H16Cl2O3. The highest BCUT2D eigenvalue weighted by Gasteiger charge is 2.33. The Hall–Kier alpha value is -0.640. The first-order chi connectivity index (χ1) is 9.16. The number of hydrogen-bond acceptors (Lipinski definition) is 3. The number of hydrogen-bond donors (Lipinski definition) is 0. The van der Waals surface area contributed by atoms with Gasteiger partial charge < -0.3 is 14.2 Å². The van der Waals surface area contributed by atoms with Crippen molar-refractivity contribution in [3.8, 4) is 11.5 Å². The van der Waals surface area contributed by atoms with Crippen LogP contribution in [0.5, 0.6) is 11.5 Å². The van der Waals surface area contributed by atoms with Crippen LogP contribution in [0.4, 0.5) is 0 Å². The Kier molecular flexibility index (Phi) is 3.79. The van der Waals surface area contributed by atoms with Gasteiger partial charge in [-0.3, -0.25) is 0 Å². The Morgan fingerprint density at radius 1 is 1.16 bits per heavy atom. The Morgan fingerprint density at radius 3 is 2.47 bits per heavy atom. The molecule has 2 aliphatic rings. The van der Waals surface area contributed by atoms with Gasteiger partial charge in [-0.2, -0.15) is 0 Å². The molecular weight excluding hydrogens is 287 g/mol. The summed E-state index contributed by atoms with van der Waals surface area (Å²) in [5.74, 6) is 1.83. The minimum Gasteiger partial charge on any atom is -0.486 e. The number of benzene rings is 1. The zero-order chi connectivity index (χ0) is 13.4. The SMILES string of the molecule is CC1CCOC1C(Cl)c1cc2c(cc1Cl)OCCO2. The van der Waals surface area contributed by atoms with Gasteiger partial charge in [0.25, 0.3) is 0 Å². The Labute approximate surface area is 122 Å². The smallest absolute Gasteiger partial charge is 0.162 e. The second kappa shape index (κ2) is 5.39. The third kappa shape index (κ3) is 2.51. The van der Waals surface area contributed by atoms with Crippen molar-refractivity contribution in [2.45, 2.75) is 24.8 Å². The van der Waals surface area contributed by atoms with Crippen molar-refractivity contribution in [1.82, 2.24) is 0 Å².